The molecule has 7 nitrogen and oxygen atoms in total. The molecule has 0 unspecified atom stereocenters. The van der Waals surface area contributed by atoms with Crippen LogP contribution in [0.3, 0.4) is 0 Å². The van der Waals surface area contributed by atoms with E-state index in [9.17, 15) is 9.59 Å². The Morgan fingerprint density at radius 1 is 0.781 bits per heavy atom. The van der Waals surface area contributed by atoms with Crippen molar-refractivity contribution in [3.05, 3.63) is 84.4 Å². The Hall–Kier alpha value is -4.00. The number of amides is 3. The number of nitrogens with one attached hydrogen (secondary N) is 2. The van der Waals surface area contributed by atoms with E-state index in [4.69, 9.17) is 4.74 Å². The Morgan fingerprint density at radius 3 is 2.16 bits per heavy atom. The zero-order valence-electron chi connectivity index (χ0n) is 18.0. The predicted molar refractivity (Wildman–Crippen MR) is 127 cm³/mol. The van der Waals surface area contributed by atoms with Crippen LogP contribution in [0.1, 0.15) is 10.4 Å². The molecule has 1 heterocycles. The van der Waals surface area contributed by atoms with E-state index >= 15 is 0 Å². The van der Waals surface area contributed by atoms with E-state index in [-0.39, 0.29) is 11.9 Å². The van der Waals surface area contributed by atoms with E-state index in [1.807, 2.05) is 71.6 Å². The second kappa shape index (κ2) is 9.87. The van der Waals surface area contributed by atoms with Crippen molar-refractivity contribution in [3.63, 3.8) is 0 Å². The van der Waals surface area contributed by atoms with Crippen molar-refractivity contribution < 1.29 is 14.3 Å². The van der Waals surface area contributed by atoms with E-state index in [2.05, 4.69) is 15.5 Å². The number of carbonyl (C=O) groups is 2. The molecule has 2 N–H and O–H groups in total. The molecule has 1 fully saturated rings. The fraction of sp³-hybridized carbons (Fsp3) is 0.200. The molecule has 3 aromatic carbocycles. The van der Waals surface area contributed by atoms with Crippen molar-refractivity contribution in [2.75, 3.05) is 48.8 Å². The average Bonchev–Trinajstić information content (AvgIpc) is 2.85. The summed E-state index contributed by atoms with van der Waals surface area (Å²) in [6.45, 7) is 2.89. The van der Waals surface area contributed by atoms with Gasteiger partial charge in [0.1, 0.15) is 5.75 Å². The molecule has 1 aliphatic rings. The van der Waals surface area contributed by atoms with Crippen LogP contribution in [0.4, 0.5) is 21.9 Å². The molecule has 3 amide bonds. The zero-order chi connectivity index (χ0) is 22.3. The molecular formula is C25H26N4O3. The quantitative estimate of drug-likeness (QED) is 0.633. The zero-order valence-corrected chi connectivity index (χ0v) is 18.0. The van der Waals surface area contributed by atoms with Gasteiger partial charge in [0.15, 0.2) is 0 Å². The topological polar surface area (TPSA) is 73.9 Å². The van der Waals surface area contributed by atoms with Crippen LogP contribution in [0.15, 0.2) is 78.9 Å². The lowest BCUT2D eigenvalue weighted by molar-refractivity contribution is 0.0747. The maximum absolute atomic E-state index is 12.6. The van der Waals surface area contributed by atoms with Crippen LogP contribution in [-0.2, 0) is 0 Å². The lowest BCUT2D eigenvalue weighted by Gasteiger charge is -2.36. The molecule has 0 aliphatic carbocycles. The summed E-state index contributed by atoms with van der Waals surface area (Å²) in [5, 5.41) is 5.63. The third kappa shape index (κ3) is 5.18. The molecule has 0 aromatic heterocycles. The van der Waals surface area contributed by atoms with Crippen LogP contribution in [0.5, 0.6) is 5.75 Å². The summed E-state index contributed by atoms with van der Waals surface area (Å²) in [4.78, 5) is 29.0. The smallest absolute Gasteiger partial charge is 0.323 e. The highest BCUT2D eigenvalue weighted by Gasteiger charge is 2.22. The van der Waals surface area contributed by atoms with Gasteiger partial charge in [-0.3, -0.25) is 4.79 Å². The highest BCUT2D eigenvalue weighted by Crippen LogP contribution is 2.21. The van der Waals surface area contributed by atoms with Gasteiger partial charge in [-0.2, -0.15) is 0 Å². The van der Waals surface area contributed by atoms with Crippen LogP contribution in [0.2, 0.25) is 0 Å². The molecule has 4 rings (SSSR count). The van der Waals surface area contributed by atoms with E-state index in [0.29, 0.717) is 30.2 Å². The minimum Gasteiger partial charge on any atom is -0.497 e. The Labute approximate surface area is 187 Å². The minimum atomic E-state index is -0.320. The fourth-order valence-electron chi connectivity index (χ4n) is 3.68. The third-order valence-electron chi connectivity index (χ3n) is 5.41. The van der Waals surface area contributed by atoms with Crippen molar-refractivity contribution in [1.29, 1.82) is 0 Å². The van der Waals surface area contributed by atoms with Gasteiger partial charge in [0.2, 0.25) is 0 Å². The van der Waals surface area contributed by atoms with Crippen LogP contribution < -0.4 is 20.3 Å². The van der Waals surface area contributed by atoms with Gasteiger partial charge in [0, 0.05) is 54.9 Å². The molecule has 0 bridgehead atoms. The summed E-state index contributed by atoms with van der Waals surface area (Å²) < 4.78 is 5.17. The van der Waals surface area contributed by atoms with Crippen molar-refractivity contribution in [1.82, 2.24) is 4.90 Å². The van der Waals surface area contributed by atoms with Crippen molar-refractivity contribution >= 4 is 29.0 Å². The van der Waals surface area contributed by atoms with Gasteiger partial charge < -0.3 is 25.2 Å². The average molecular weight is 431 g/mol. The van der Waals surface area contributed by atoms with Gasteiger partial charge in [-0.05, 0) is 48.5 Å². The second-order valence-corrected chi connectivity index (χ2v) is 7.50. The van der Waals surface area contributed by atoms with Crippen LogP contribution in [-0.4, -0.2) is 50.1 Å². The molecule has 7 heteroatoms. The Bertz CT molecular complexity index is 1060. The highest BCUT2D eigenvalue weighted by atomic mass is 16.5. The van der Waals surface area contributed by atoms with Crippen LogP contribution >= 0.6 is 0 Å². The first-order valence-corrected chi connectivity index (χ1v) is 10.5. The number of hydrogen-bond donors (Lipinski definition) is 2. The van der Waals surface area contributed by atoms with Crippen LogP contribution in [0.25, 0.3) is 0 Å². The summed E-state index contributed by atoms with van der Waals surface area (Å²) >= 11 is 0. The number of carbonyl (C=O) groups excluding carboxylic acids is 2. The molecule has 164 valence electrons. The normalized spacial score (nSPS) is 13.4. The summed E-state index contributed by atoms with van der Waals surface area (Å²) in [5.41, 5.74) is 3.15. The molecule has 0 saturated carbocycles. The first kappa shape index (κ1) is 21.2. The SMILES string of the molecule is COc1cccc(NC(=O)Nc2ccc(N3CCN(C(=O)c4ccccc4)CC3)cc2)c1. The number of rotatable bonds is 5. The molecule has 0 atom stereocenters. The maximum atomic E-state index is 12.6. The molecule has 0 radical (unpaired) electrons. The number of ether oxygens (including phenoxy) is 1. The van der Waals surface area contributed by atoms with Crippen LogP contribution in [0, 0.1) is 0 Å². The van der Waals surface area contributed by atoms with E-state index < -0.39 is 0 Å². The Balaban J connectivity index is 1.29. The maximum Gasteiger partial charge on any atom is 0.323 e. The van der Waals surface area contributed by atoms with Gasteiger partial charge in [-0.15, -0.1) is 0 Å². The van der Waals surface area contributed by atoms with Crippen molar-refractivity contribution in [2.24, 2.45) is 0 Å². The molecule has 32 heavy (non-hydrogen) atoms. The summed E-state index contributed by atoms with van der Waals surface area (Å²) in [5.74, 6) is 0.754. The van der Waals surface area contributed by atoms with E-state index in [1.54, 1.807) is 19.2 Å². The van der Waals surface area contributed by atoms with E-state index in [1.165, 1.54) is 0 Å². The molecular weight excluding hydrogens is 404 g/mol. The van der Waals surface area contributed by atoms with E-state index in [0.717, 1.165) is 24.3 Å². The lowest BCUT2D eigenvalue weighted by atomic mass is 10.1. The Kier molecular flexibility index (Phi) is 6.55. The van der Waals surface area contributed by atoms with Gasteiger partial charge in [-0.1, -0.05) is 24.3 Å². The standard InChI is InChI=1S/C25H26N4O3/c1-32-23-9-5-8-21(18-23)27-25(31)26-20-10-12-22(13-11-20)28-14-16-29(17-15-28)24(30)19-6-3-2-4-7-19/h2-13,18H,14-17H2,1H3,(H2,26,27,31). The summed E-state index contributed by atoms with van der Waals surface area (Å²) in [6, 6.07) is 24.0. The number of urea groups is 1. The second-order valence-electron chi connectivity index (χ2n) is 7.50. The van der Waals surface area contributed by atoms with Gasteiger partial charge in [0.25, 0.3) is 5.91 Å². The first-order chi connectivity index (χ1) is 15.6. The lowest BCUT2D eigenvalue weighted by Crippen LogP contribution is -2.48. The number of benzene rings is 3. The highest BCUT2D eigenvalue weighted by molar-refractivity contribution is 6.00. The summed E-state index contributed by atoms with van der Waals surface area (Å²) in [6.07, 6.45) is 0. The number of piperazine rings is 1. The largest absolute Gasteiger partial charge is 0.497 e. The summed E-state index contributed by atoms with van der Waals surface area (Å²) in [7, 11) is 1.59. The first-order valence-electron chi connectivity index (χ1n) is 10.5. The molecule has 1 aliphatic heterocycles. The van der Waals surface area contributed by atoms with Crippen molar-refractivity contribution in [3.8, 4) is 5.75 Å². The molecule has 1 saturated heterocycles. The molecule has 0 spiro atoms. The molecule has 3 aromatic rings. The number of nitrogens with zero attached hydrogens (tertiary/aromatic N) is 2. The third-order valence-corrected chi connectivity index (χ3v) is 5.41. The minimum absolute atomic E-state index is 0.0758. The number of methoxy groups -OCH3 is 1. The van der Waals surface area contributed by atoms with Gasteiger partial charge >= 0.3 is 6.03 Å². The van der Waals surface area contributed by atoms with Gasteiger partial charge in [-0.25, -0.2) is 4.79 Å². The number of anilines is 3. The predicted octanol–water partition coefficient (Wildman–Crippen LogP) is 4.30. The van der Waals surface area contributed by atoms with Crippen molar-refractivity contribution in [2.45, 2.75) is 0 Å². The Morgan fingerprint density at radius 2 is 1.47 bits per heavy atom. The monoisotopic (exact) mass is 430 g/mol. The fourth-order valence-corrected chi connectivity index (χ4v) is 3.68. The van der Waals surface area contributed by atoms with Gasteiger partial charge in [0.05, 0.1) is 7.11 Å². The number of hydrogen-bond acceptors (Lipinski definition) is 4.